The average molecular weight is 457 g/mol. The Kier molecular flexibility index (Phi) is 10.5. The lowest BCUT2D eigenvalue weighted by Gasteiger charge is -2.25. The zero-order valence-corrected chi connectivity index (χ0v) is 18.4. The predicted octanol–water partition coefficient (Wildman–Crippen LogP) is 0.538. The van der Waals surface area contributed by atoms with Crippen molar-refractivity contribution in [2.75, 3.05) is 0 Å². The van der Waals surface area contributed by atoms with Crippen LogP contribution in [0.3, 0.4) is 0 Å². The van der Waals surface area contributed by atoms with Crippen LogP contribution in [0.5, 0.6) is 0 Å². The Morgan fingerprint density at radius 1 is 0.844 bits per heavy atom. The molecule has 1 fully saturated rings. The van der Waals surface area contributed by atoms with Crippen molar-refractivity contribution in [3.8, 4) is 0 Å². The summed E-state index contributed by atoms with van der Waals surface area (Å²) in [6.45, 7) is 5.08. The minimum absolute atomic E-state index is 0.148. The van der Waals surface area contributed by atoms with E-state index in [0.717, 1.165) is 26.7 Å². The highest BCUT2D eigenvalue weighted by molar-refractivity contribution is 6.02. The van der Waals surface area contributed by atoms with Crippen molar-refractivity contribution in [1.29, 1.82) is 0 Å². The fourth-order valence-electron chi connectivity index (χ4n) is 2.68. The molecule has 0 aromatic rings. The molecule has 0 spiro atoms. The molecule has 0 aromatic heterocycles. The molecule has 12 heteroatoms. The van der Waals surface area contributed by atoms with Gasteiger partial charge in [0.2, 0.25) is 12.2 Å². The van der Waals surface area contributed by atoms with Crippen LogP contribution in [0.2, 0.25) is 0 Å². The number of rotatable bonds is 12. The second-order valence-electron chi connectivity index (χ2n) is 7.05. The lowest BCUT2D eigenvalue weighted by molar-refractivity contribution is -0.214. The van der Waals surface area contributed by atoms with Gasteiger partial charge in [-0.1, -0.05) is 19.8 Å². The van der Waals surface area contributed by atoms with Gasteiger partial charge in [0.1, 0.15) is 0 Å². The minimum atomic E-state index is -2.19. The topological polar surface area (TPSA) is 160 Å². The second kappa shape index (κ2) is 12.5. The van der Waals surface area contributed by atoms with E-state index in [1.54, 1.807) is 0 Å². The molecule has 0 saturated carbocycles. The molecule has 1 rings (SSSR count). The van der Waals surface area contributed by atoms with Gasteiger partial charge in [-0.05, 0) is 13.3 Å². The summed E-state index contributed by atoms with van der Waals surface area (Å²) in [5.41, 5.74) is 0. The summed E-state index contributed by atoms with van der Waals surface area (Å²) >= 11 is 0. The highest BCUT2D eigenvalue weighted by atomic mass is 16.7. The summed E-state index contributed by atoms with van der Waals surface area (Å²) in [6, 6.07) is 0. The first-order valence-corrected chi connectivity index (χ1v) is 10.1. The molecule has 12 nitrogen and oxygen atoms in total. The van der Waals surface area contributed by atoms with Gasteiger partial charge in [0.15, 0.2) is 11.9 Å². The van der Waals surface area contributed by atoms with Crippen LogP contribution >= 0.6 is 0 Å². The quantitative estimate of drug-likeness (QED) is 0.174. The van der Waals surface area contributed by atoms with E-state index in [4.69, 9.17) is 14.2 Å². The fourth-order valence-corrected chi connectivity index (χ4v) is 2.68. The first-order valence-electron chi connectivity index (χ1n) is 10.1. The van der Waals surface area contributed by atoms with Gasteiger partial charge in [0.05, 0.1) is 0 Å². The Morgan fingerprint density at radius 3 is 1.81 bits per heavy atom. The van der Waals surface area contributed by atoms with Gasteiger partial charge < -0.3 is 19.0 Å². The number of carbonyl (C=O) groups excluding carboxylic acids is 7. The molecule has 2 amide bonds. The molecule has 1 saturated heterocycles. The van der Waals surface area contributed by atoms with Gasteiger partial charge in [-0.25, -0.2) is 9.59 Å². The van der Waals surface area contributed by atoms with E-state index in [2.05, 4.69) is 4.84 Å². The molecule has 1 heterocycles. The Hall–Kier alpha value is -3.31. The van der Waals surface area contributed by atoms with Crippen LogP contribution in [-0.2, 0) is 52.6 Å². The van der Waals surface area contributed by atoms with Crippen LogP contribution in [0.15, 0.2) is 0 Å². The second-order valence-corrected chi connectivity index (χ2v) is 7.05. The smallest absolute Gasteiger partial charge is 0.377 e. The first kappa shape index (κ1) is 26.7. The lowest BCUT2D eigenvalue weighted by Crippen LogP contribution is -2.49. The number of Topliss-reactive ketones (excluding diaryl/α,β-unsaturated/α-hetero) is 1. The van der Waals surface area contributed by atoms with Crippen LogP contribution in [-0.4, -0.2) is 64.8 Å². The van der Waals surface area contributed by atoms with E-state index in [9.17, 15) is 33.6 Å². The van der Waals surface area contributed by atoms with E-state index in [0.29, 0.717) is 6.42 Å². The molecule has 1 aliphatic rings. The molecule has 3 atom stereocenters. The zero-order chi connectivity index (χ0) is 24.4. The molecule has 178 valence electrons. The molecular formula is C20H27NO11. The highest BCUT2D eigenvalue weighted by Crippen LogP contribution is 2.17. The van der Waals surface area contributed by atoms with Crippen LogP contribution in [0, 0.1) is 0 Å². The Balaban J connectivity index is 3.03. The van der Waals surface area contributed by atoms with Crippen LogP contribution < -0.4 is 0 Å². The Labute approximate surface area is 184 Å². The Bertz CT molecular complexity index is 760. The molecular weight excluding hydrogens is 430 g/mol. The van der Waals surface area contributed by atoms with Crippen molar-refractivity contribution >= 4 is 41.5 Å². The van der Waals surface area contributed by atoms with Crippen molar-refractivity contribution in [2.24, 2.45) is 0 Å². The number of esters is 3. The van der Waals surface area contributed by atoms with E-state index in [-0.39, 0.29) is 24.3 Å². The summed E-state index contributed by atoms with van der Waals surface area (Å²) in [7, 11) is 0. The van der Waals surface area contributed by atoms with Crippen molar-refractivity contribution < 1.29 is 52.6 Å². The molecule has 1 aliphatic heterocycles. The standard InChI is InChI=1S/C20H27NO11/c1-5-6-7-8-14(24)11(2)29-19(27)17(30-12(3)22)18(31-13(4)23)20(28)32-21-15(25)9-10-16(21)26/h11,17-18H,5-10H2,1-4H3/t11-,17+,18+/m0/s1. The number of nitrogens with zero attached hydrogens (tertiary/aromatic N) is 1. The average Bonchev–Trinajstić information content (AvgIpc) is 3.02. The van der Waals surface area contributed by atoms with Gasteiger partial charge in [-0.3, -0.25) is 24.0 Å². The maximum Gasteiger partial charge on any atom is 0.377 e. The van der Waals surface area contributed by atoms with E-state index in [1.165, 1.54) is 6.92 Å². The highest BCUT2D eigenvalue weighted by Gasteiger charge is 2.45. The summed E-state index contributed by atoms with van der Waals surface area (Å²) in [4.78, 5) is 88.3. The summed E-state index contributed by atoms with van der Waals surface area (Å²) in [5, 5.41) is 0.175. The number of amides is 2. The van der Waals surface area contributed by atoms with Crippen LogP contribution in [0.1, 0.15) is 66.2 Å². The number of hydrogen-bond donors (Lipinski definition) is 0. The molecule has 0 unspecified atom stereocenters. The number of carbonyl (C=O) groups is 7. The lowest BCUT2D eigenvalue weighted by atomic mass is 10.1. The van der Waals surface area contributed by atoms with Crippen molar-refractivity contribution in [3.05, 3.63) is 0 Å². The summed E-state index contributed by atoms with van der Waals surface area (Å²) in [5.74, 6) is -6.99. The van der Waals surface area contributed by atoms with E-state index < -0.39 is 59.8 Å². The Morgan fingerprint density at radius 2 is 1.34 bits per heavy atom. The van der Waals surface area contributed by atoms with Gasteiger partial charge in [0.25, 0.3) is 11.8 Å². The van der Waals surface area contributed by atoms with Gasteiger partial charge in [0, 0.05) is 33.1 Å². The van der Waals surface area contributed by atoms with Crippen molar-refractivity contribution in [1.82, 2.24) is 5.06 Å². The first-order chi connectivity index (χ1) is 15.0. The zero-order valence-electron chi connectivity index (χ0n) is 18.4. The van der Waals surface area contributed by atoms with Crippen molar-refractivity contribution in [3.63, 3.8) is 0 Å². The minimum Gasteiger partial charge on any atom is -0.452 e. The molecule has 0 bridgehead atoms. The van der Waals surface area contributed by atoms with Gasteiger partial charge >= 0.3 is 23.9 Å². The molecule has 32 heavy (non-hydrogen) atoms. The van der Waals surface area contributed by atoms with Crippen LogP contribution in [0.4, 0.5) is 0 Å². The normalized spacial score (nSPS) is 16.1. The maximum atomic E-state index is 12.6. The van der Waals surface area contributed by atoms with Crippen LogP contribution in [0.25, 0.3) is 0 Å². The van der Waals surface area contributed by atoms with E-state index >= 15 is 0 Å². The third-order valence-electron chi connectivity index (χ3n) is 4.29. The van der Waals surface area contributed by atoms with E-state index in [1.807, 2.05) is 6.92 Å². The number of hydroxylamine groups is 2. The van der Waals surface area contributed by atoms with Gasteiger partial charge in [-0.15, -0.1) is 5.06 Å². The monoisotopic (exact) mass is 457 g/mol. The number of imide groups is 1. The molecule has 0 N–H and O–H groups in total. The van der Waals surface area contributed by atoms with Crippen molar-refractivity contribution in [2.45, 2.75) is 84.5 Å². The third-order valence-corrected chi connectivity index (χ3v) is 4.29. The molecule has 0 radical (unpaired) electrons. The molecule has 0 aliphatic carbocycles. The fraction of sp³-hybridized carbons (Fsp3) is 0.650. The maximum absolute atomic E-state index is 12.6. The number of ether oxygens (including phenoxy) is 3. The third kappa shape index (κ3) is 8.08. The predicted molar refractivity (Wildman–Crippen MR) is 103 cm³/mol. The SMILES string of the molecule is CCCCCC(=O)[C@H](C)OC(=O)[C@H](OC(C)=O)[C@@H](OC(C)=O)C(=O)ON1C(=O)CCC1=O. The summed E-state index contributed by atoms with van der Waals surface area (Å²) < 4.78 is 14.6. The number of ketones is 1. The largest absolute Gasteiger partial charge is 0.452 e. The summed E-state index contributed by atoms with van der Waals surface area (Å²) in [6.07, 6.45) is -3.53. The number of hydrogen-bond acceptors (Lipinski definition) is 11. The molecule has 0 aromatic carbocycles. The number of unbranched alkanes of at least 4 members (excludes halogenated alkanes) is 2. The van der Waals surface area contributed by atoms with Gasteiger partial charge in [-0.2, -0.15) is 0 Å².